The van der Waals surface area contributed by atoms with Gasteiger partial charge < -0.3 is 4.42 Å². The minimum Gasteiger partial charge on any atom is -0.465 e. The van der Waals surface area contributed by atoms with Crippen molar-refractivity contribution in [2.45, 2.75) is 19.5 Å². The van der Waals surface area contributed by atoms with Gasteiger partial charge in [0.1, 0.15) is 17.0 Å². The molecule has 3 aromatic rings. The molecule has 0 N–H and O–H groups in total. The average Bonchev–Trinajstić information content (AvgIpc) is 3.21. The predicted octanol–water partition coefficient (Wildman–Crippen LogP) is 5.79. The van der Waals surface area contributed by atoms with Crippen molar-refractivity contribution >= 4 is 52.5 Å². The van der Waals surface area contributed by atoms with E-state index in [0.29, 0.717) is 27.2 Å². The van der Waals surface area contributed by atoms with Gasteiger partial charge in [-0.1, -0.05) is 23.2 Å². The van der Waals surface area contributed by atoms with E-state index < -0.39 is 17.5 Å². The number of carbonyl (C=O) groups is 2. The SMILES string of the molecule is CC1(C)N(c2ccc(Cl)cc2)C(=O)C(=Cc2ccco2)C(=O)N1c1ccc(Cl)cc1. The molecule has 2 aromatic carbocycles. The van der Waals surface area contributed by atoms with E-state index in [9.17, 15) is 9.59 Å². The summed E-state index contributed by atoms with van der Waals surface area (Å²) in [6.45, 7) is 3.63. The van der Waals surface area contributed by atoms with Gasteiger partial charge in [-0.2, -0.15) is 0 Å². The van der Waals surface area contributed by atoms with Crippen LogP contribution in [0.2, 0.25) is 10.0 Å². The molecule has 0 bridgehead atoms. The van der Waals surface area contributed by atoms with Crippen LogP contribution in [-0.4, -0.2) is 17.5 Å². The molecular formula is C23H18Cl2N2O3. The molecule has 2 amide bonds. The number of nitrogens with zero attached hydrogens (tertiary/aromatic N) is 2. The van der Waals surface area contributed by atoms with Crippen LogP contribution in [-0.2, 0) is 9.59 Å². The normalized spacial score (nSPS) is 16.2. The highest BCUT2D eigenvalue weighted by Gasteiger charge is 2.49. The van der Waals surface area contributed by atoms with Gasteiger partial charge >= 0.3 is 0 Å². The Bertz CT molecular complexity index is 1050. The van der Waals surface area contributed by atoms with Gasteiger partial charge in [-0.05, 0) is 80.6 Å². The van der Waals surface area contributed by atoms with Crippen molar-refractivity contribution in [1.82, 2.24) is 0 Å². The number of amides is 2. The van der Waals surface area contributed by atoms with Gasteiger partial charge in [0.25, 0.3) is 11.8 Å². The van der Waals surface area contributed by atoms with Crippen molar-refractivity contribution in [1.29, 1.82) is 0 Å². The molecule has 1 aromatic heterocycles. The van der Waals surface area contributed by atoms with Crippen LogP contribution in [0.5, 0.6) is 0 Å². The fourth-order valence-corrected chi connectivity index (χ4v) is 3.87. The van der Waals surface area contributed by atoms with Gasteiger partial charge in [0, 0.05) is 21.4 Å². The zero-order valence-electron chi connectivity index (χ0n) is 16.3. The summed E-state index contributed by atoms with van der Waals surface area (Å²) >= 11 is 12.1. The third-order valence-corrected chi connectivity index (χ3v) is 5.46. The number of benzene rings is 2. The Morgan fingerprint density at radius 2 is 1.27 bits per heavy atom. The summed E-state index contributed by atoms with van der Waals surface area (Å²) in [6.07, 6.45) is 2.95. The Kier molecular flexibility index (Phi) is 5.18. The summed E-state index contributed by atoms with van der Waals surface area (Å²) in [6, 6.07) is 17.2. The lowest BCUT2D eigenvalue weighted by Gasteiger charge is -2.50. The van der Waals surface area contributed by atoms with Crippen molar-refractivity contribution in [2.75, 3.05) is 9.80 Å². The highest BCUT2D eigenvalue weighted by Crippen LogP contribution is 2.38. The predicted molar refractivity (Wildman–Crippen MR) is 119 cm³/mol. The molecular weight excluding hydrogens is 423 g/mol. The molecule has 0 radical (unpaired) electrons. The molecule has 0 saturated carbocycles. The maximum absolute atomic E-state index is 13.5. The zero-order valence-corrected chi connectivity index (χ0v) is 17.8. The van der Waals surface area contributed by atoms with Crippen LogP contribution in [0.25, 0.3) is 6.08 Å². The summed E-state index contributed by atoms with van der Waals surface area (Å²) in [5.41, 5.74) is 0.225. The van der Waals surface area contributed by atoms with Crippen LogP contribution in [0, 0.1) is 0 Å². The van der Waals surface area contributed by atoms with E-state index in [-0.39, 0.29) is 5.57 Å². The third kappa shape index (κ3) is 3.51. The minimum atomic E-state index is -1.00. The third-order valence-electron chi connectivity index (χ3n) is 4.96. The molecule has 1 fully saturated rings. The Morgan fingerprint density at radius 1 is 0.800 bits per heavy atom. The minimum absolute atomic E-state index is 0.00539. The zero-order chi connectivity index (χ0) is 21.5. The van der Waals surface area contributed by atoms with E-state index in [4.69, 9.17) is 27.6 Å². The molecule has 7 heteroatoms. The number of carbonyl (C=O) groups excluding carboxylic acids is 2. The second-order valence-electron chi connectivity index (χ2n) is 7.30. The maximum Gasteiger partial charge on any atom is 0.265 e. The summed E-state index contributed by atoms with van der Waals surface area (Å²) in [4.78, 5) is 30.2. The number of rotatable bonds is 3. The lowest BCUT2D eigenvalue weighted by Crippen LogP contribution is -2.67. The molecule has 1 aliphatic rings. The van der Waals surface area contributed by atoms with E-state index in [1.165, 1.54) is 12.3 Å². The number of hydrogen-bond acceptors (Lipinski definition) is 3. The first-order valence-electron chi connectivity index (χ1n) is 9.24. The monoisotopic (exact) mass is 440 g/mol. The molecule has 2 heterocycles. The Morgan fingerprint density at radius 3 is 1.67 bits per heavy atom. The molecule has 0 unspecified atom stereocenters. The van der Waals surface area contributed by atoms with Crippen LogP contribution in [0.1, 0.15) is 19.6 Å². The lowest BCUT2D eigenvalue weighted by atomic mass is 9.97. The molecule has 0 aliphatic carbocycles. The summed E-state index contributed by atoms with van der Waals surface area (Å²) in [5, 5.41) is 1.11. The van der Waals surface area contributed by atoms with E-state index in [2.05, 4.69) is 0 Å². The van der Waals surface area contributed by atoms with Gasteiger partial charge in [-0.15, -0.1) is 0 Å². The summed E-state index contributed by atoms with van der Waals surface area (Å²) in [7, 11) is 0. The van der Waals surface area contributed by atoms with E-state index in [0.717, 1.165) is 0 Å². The number of furan rings is 1. The second-order valence-corrected chi connectivity index (χ2v) is 8.17. The van der Waals surface area contributed by atoms with Crippen LogP contribution in [0.4, 0.5) is 11.4 Å². The number of halogens is 2. The Labute approximate surface area is 184 Å². The molecule has 1 saturated heterocycles. The second kappa shape index (κ2) is 7.67. The highest BCUT2D eigenvalue weighted by molar-refractivity contribution is 6.34. The van der Waals surface area contributed by atoms with Crippen LogP contribution in [0.15, 0.2) is 76.9 Å². The summed E-state index contributed by atoms with van der Waals surface area (Å²) < 4.78 is 5.35. The van der Waals surface area contributed by atoms with Crippen molar-refractivity contribution in [3.63, 3.8) is 0 Å². The number of hydrogen-bond donors (Lipinski definition) is 0. The van der Waals surface area contributed by atoms with Gasteiger partial charge in [0.05, 0.1) is 6.26 Å². The topological polar surface area (TPSA) is 53.8 Å². The fourth-order valence-electron chi connectivity index (χ4n) is 3.62. The van der Waals surface area contributed by atoms with Crippen LogP contribution < -0.4 is 9.80 Å². The molecule has 1 aliphatic heterocycles. The molecule has 30 heavy (non-hydrogen) atoms. The van der Waals surface area contributed by atoms with Crippen LogP contribution in [0.3, 0.4) is 0 Å². The average molecular weight is 441 g/mol. The standard InChI is InChI=1S/C23H18Cl2N2O3/c1-23(2)26(17-9-5-15(24)6-10-17)21(28)20(14-19-4-3-13-30-19)22(29)27(23)18-11-7-16(25)8-12-18/h3-14H,1-2H3. The van der Waals surface area contributed by atoms with Gasteiger partial charge in [-0.25, -0.2) is 0 Å². The van der Waals surface area contributed by atoms with Crippen molar-refractivity contribution < 1.29 is 14.0 Å². The first-order valence-corrected chi connectivity index (χ1v) is 10.00. The largest absolute Gasteiger partial charge is 0.465 e. The Balaban J connectivity index is 1.90. The number of anilines is 2. The molecule has 5 nitrogen and oxygen atoms in total. The highest BCUT2D eigenvalue weighted by atomic mass is 35.5. The van der Waals surface area contributed by atoms with E-state index >= 15 is 0 Å². The van der Waals surface area contributed by atoms with Crippen molar-refractivity contribution in [3.8, 4) is 0 Å². The van der Waals surface area contributed by atoms with E-state index in [1.54, 1.807) is 70.5 Å². The molecule has 4 rings (SSSR count). The smallest absolute Gasteiger partial charge is 0.265 e. The fraction of sp³-hybridized carbons (Fsp3) is 0.130. The van der Waals surface area contributed by atoms with Crippen LogP contribution >= 0.6 is 23.2 Å². The molecule has 152 valence electrons. The quantitative estimate of drug-likeness (QED) is 0.382. The Hall–Kier alpha value is -3.02. The first kappa shape index (κ1) is 20.3. The van der Waals surface area contributed by atoms with Gasteiger partial charge in [-0.3, -0.25) is 19.4 Å². The summed E-state index contributed by atoms with van der Waals surface area (Å²) in [5.74, 6) is -0.429. The van der Waals surface area contributed by atoms with Gasteiger partial charge in [0.2, 0.25) is 0 Å². The lowest BCUT2D eigenvalue weighted by molar-refractivity contribution is -0.124. The molecule has 0 atom stereocenters. The van der Waals surface area contributed by atoms with E-state index in [1.807, 2.05) is 13.8 Å². The van der Waals surface area contributed by atoms with Crippen molar-refractivity contribution in [3.05, 3.63) is 88.3 Å². The van der Waals surface area contributed by atoms with Crippen molar-refractivity contribution in [2.24, 2.45) is 0 Å². The molecule has 0 spiro atoms. The maximum atomic E-state index is 13.5. The van der Waals surface area contributed by atoms with Gasteiger partial charge in [0.15, 0.2) is 0 Å². The first-order chi connectivity index (χ1) is 14.3.